The molecule has 0 saturated heterocycles. The molecule has 0 fully saturated rings. The number of hydrogen-bond donors (Lipinski definition) is 0. The van der Waals surface area contributed by atoms with Gasteiger partial charge in [-0.2, -0.15) is 0 Å². The first-order chi connectivity index (χ1) is 15.5. The van der Waals surface area contributed by atoms with Gasteiger partial charge in [-0.05, 0) is 30.2 Å². The van der Waals surface area contributed by atoms with Gasteiger partial charge in [-0.15, -0.1) is 0 Å². The highest BCUT2D eigenvalue weighted by atomic mass is 32.2. The minimum Gasteiger partial charge on any atom is -0.476 e. The standard InChI is InChI=1S/C25H26N2O4S/c1-2-32(29,30)27-19-24(31-23-16-10-9-15-22(23)27)25(28)26(17-20-11-5-3-6-12-20)18-21-13-7-4-8-14-21/h3-16,24H,2,17-19H2,1H3/t24-/m0/s1. The molecular formula is C25H26N2O4S. The number of para-hydroxylation sites is 2. The van der Waals surface area contributed by atoms with E-state index in [0.717, 1.165) is 11.1 Å². The molecule has 0 unspecified atom stereocenters. The van der Waals surface area contributed by atoms with E-state index in [1.165, 1.54) is 4.31 Å². The van der Waals surface area contributed by atoms with Gasteiger partial charge in [-0.1, -0.05) is 72.8 Å². The SMILES string of the molecule is CCS(=O)(=O)N1C[C@@H](C(=O)N(Cc2ccccc2)Cc2ccccc2)Oc2ccccc21. The number of carbonyl (C=O) groups excluding carboxylic acids is 1. The molecule has 1 atom stereocenters. The number of benzene rings is 3. The third kappa shape index (κ3) is 4.78. The van der Waals surface area contributed by atoms with E-state index < -0.39 is 16.1 Å². The highest BCUT2D eigenvalue weighted by Crippen LogP contribution is 2.35. The van der Waals surface area contributed by atoms with E-state index in [0.29, 0.717) is 24.5 Å². The van der Waals surface area contributed by atoms with Gasteiger partial charge in [0.2, 0.25) is 10.0 Å². The van der Waals surface area contributed by atoms with Crippen LogP contribution in [0.2, 0.25) is 0 Å². The van der Waals surface area contributed by atoms with Gasteiger partial charge >= 0.3 is 0 Å². The molecule has 1 aliphatic heterocycles. The van der Waals surface area contributed by atoms with Crippen molar-refractivity contribution >= 4 is 21.6 Å². The molecule has 1 amide bonds. The summed E-state index contributed by atoms with van der Waals surface area (Å²) in [5.74, 6) is 0.0944. The Labute approximate surface area is 189 Å². The molecule has 166 valence electrons. The fourth-order valence-electron chi connectivity index (χ4n) is 3.77. The first kappa shape index (κ1) is 21.9. The van der Waals surface area contributed by atoms with Crippen molar-refractivity contribution in [3.05, 3.63) is 96.1 Å². The summed E-state index contributed by atoms with van der Waals surface area (Å²) in [7, 11) is -3.56. The Kier molecular flexibility index (Phi) is 6.46. The molecule has 0 radical (unpaired) electrons. The van der Waals surface area contributed by atoms with Crippen LogP contribution < -0.4 is 9.04 Å². The van der Waals surface area contributed by atoms with Crippen LogP contribution in [0.5, 0.6) is 5.75 Å². The van der Waals surface area contributed by atoms with Gasteiger partial charge in [-0.3, -0.25) is 9.10 Å². The summed E-state index contributed by atoms with van der Waals surface area (Å²) in [6, 6.07) is 26.4. The number of carbonyl (C=O) groups is 1. The van der Waals surface area contributed by atoms with E-state index in [9.17, 15) is 13.2 Å². The second-order valence-corrected chi connectivity index (χ2v) is 9.85. The van der Waals surface area contributed by atoms with Gasteiger partial charge in [-0.25, -0.2) is 8.42 Å². The zero-order valence-electron chi connectivity index (χ0n) is 17.9. The largest absolute Gasteiger partial charge is 0.476 e. The number of ether oxygens (including phenoxy) is 1. The predicted octanol–water partition coefficient (Wildman–Crippen LogP) is 3.83. The average molecular weight is 451 g/mol. The maximum atomic E-state index is 13.7. The molecule has 0 aromatic heterocycles. The number of rotatable bonds is 7. The Morgan fingerprint density at radius 3 is 2.00 bits per heavy atom. The number of nitrogens with zero attached hydrogens (tertiary/aromatic N) is 2. The number of hydrogen-bond acceptors (Lipinski definition) is 4. The first-order valence-electron chi connectivity index (χ1n) is 10.6. The smallest absolute Gasteiger partial charge is 0.266 e. The van der Waals surface area contributed by atoms with Gasteiger partial charge < -0.3 is 9.64 Å². The molecule has 0 aliphatic carbocycles. The predicted molar refractivity (Wildman–Crippen MR) is 125 cm³/mol. The topological polar surface area (TPSA) is 66.9 Å². The minimum absolute atomic E-state index is 0.0495. The number of fused-ring (bicyclic) bond motifs is 1. The second kappa shape index (κ2) is 9.44. The van der Waals surface area contributed by atoms with Crippen molar-refractivity contribution < 1.29 is 17.9 Å². The minimum atomic E-state index is -3.56. The summed E-state index contributed by atoms with van der Waals surface area (Å²) in [6.07, 6.45) is -0.932. The van der Waals surface area contributed by atoms with Crippen molar-refractivity contribution in [2.75, 3.05) is 16.6 Å². The summed E-state index contributed by atoms with van der Waals surface area (Å²) in [4.78, 5) is 15.4. The highest BCUT2D eigenvalue weighted by molar-refractivity contribution is 7.92. The lowest BCUT2D eigenvalue weighted by Crippen LogP contribution is -2.51. The van der Waals surface area contributed by atoms with Crippen LogP contribution in [0.25, 0.3) is 0 Å². The monoisotopic (exact) mass is 450 g/mol. The molecule has 3 aromatic carbocycles. The molecular weight excluding hydrogens is 424 g/mol. The number of anilines is 1. The van der Waals surface area contributed by atoms with Gasteiger partial charge in [0.25, 0.3) is 5.91 Å². The summed E-state index contributed by atoms with van der Waals surface area (Å²) in [6.45, 7) is 2.35. The average Bonchev–Trinajstić information content (AvgIpc) is 2.83. The third-order valence-electron chi connectivity index (χ3n) is 5.46. The summed E-state index contributed by atoms with van der Waals surface area (Å²) in [5.41, 5.74) is 2.45. The number of sulfonamides is 1. The van der Waals surface area contributed by atoms with Gasteiger partial charge in [0, 0.05) is 13.1 Å². The molecule has 3 aromatic rings. The Hall–Kier alpha value is -3.32. The van der Waals surface area contributed by atoms with Crippen molar-refractivity contribution in [2.45, 2.75) is 26.1 Å². The zero-order chi connectivity index (χ0) is 22.6. The van der Waals surface area contributed by atoms with Crippen LogP contribution in [0.15, 0.2) is 84.9 Å². The molecule has 7 heteroatoms. The maximum Gasteiger partial charge on any atom is 0.266 e. The van der Waals surface area contributed by atoms with Crippen LogP contribution in [-0.2, 0) is 27.9 Å². The lowest BCUT2D eigenvalue weighted by Gasteiger charge is -2.36. The van der Waals surface area contributed by atoms with Crippen LogP contribution in [0.4, 0.5) is 5.69 Å². The molecule has 4 rings (SSSR count). The normalized spacial score (nSPS) is 15.5. The molecule has 1 aliphatic rings. The molecule has 32 heavy (non-hydrogen) atoms. The van der Waals surface area contributed by atoms with Crippen molar-refractivity contribution in [3.63, 3.8) is 0 Å². The molecule has 0 spiro atoms. The summed E-state index contributed by atoms with van der Waals surface area (Å²) >= 11 is 0. The molecule has 0 saturated carbocycles. The Balaban J connectivity index is 1.65. The molecule has 1 heterocycles. The van der Waals surface area contributed by atoms with Gasteiger partial charge in [0.05, 0.1) is 18.0 Å². The van der Waals surface area contributed by atoms with E-state index in [1.54, 1.807) is 36.1 Å². The summed E-state index contributed by atoms with van der Waals surface area (Å²) < 4.78 is 32.9. The van der Waals surface area contributed by atoms with Crippen LogP contribution >= 0.6 is 0 Å². The third-order valence-corrected chi connectivity index (χ3v) is 7.20. The molecule has 0 N–H and O–H groups in total. The summed E-state index contributed by atoms with van der Waals surface area (Å²) in [5, 5.41) is 0. The Morgan fingerprint density at radius 1 is 0.906 bits per heavy atom. The Bertz CT molecular complexity index is 1130. The fourth-order valence-corrected chi connectivity index (χ4v) is 4.90. The quantitative estimate of drug-likeness (QED) is 0.549. The lowest BCUT2D eigenvalue weighted by atomic mass is 10.1. The Morgan fingerprint density at radius 2 is 1.44 bits per heavy atom. The lowest BCUT2D eigenvalue weighted by molar-refractivity contribution is -0.139. The highest BCUT2D eigenvalue weighted by Gasteiger charge is 2.37. The van der Waals surface area contributed by atoms with E-state index >= 15 is 0 Å². The van der Waals surface area contributed by atoms with Crippen LogP contribution in [0.1, 0.15) is 18.1 Å². The van der Waals surface area contributed by atoms with E-state index in [-0.39, 0.29) is 18.2 Å². The van der Waals surface area contributed by atoms with E-state index in [2.05, 4.69) is 0 Å². The van der Waals surface area contributed by atoms with E-state index in [1.807, 2.05) is 60.7 Å². The molecule has 0 bridgehead atoms. The van der Waals surface area contributed by atoms with Crippen LogP contribution in [0, 0.1) is 0 Å². The zero-order valence-corrected chi connectivity index (χ0v) is 18.7. The van der Waals surface area contributed by atoms with Gasteiger partial charge in [0.1, 0.15) is 5.75 Å². The van der Waals surface area contributed by atoms with Crippen molar-refractivity contribution in [3.8, 4) is 5.75 Å². The van der Waals surface area contributed by atoms with Crippen LogP contribution in [0.3, 0.4) is 0 Å². The van der Waals surface area contributed by atoms with Crippen molar-refractivity contribution in [1.29, 1.82) is 0 Å². The second-order valence-electron chi connectivity index (χ2n) is 7.67. The first-order valence-corrected chi connectivity index (χ1v) is 12.2. The maximum absolute atomic E-state index is 13.7. The van der Waals surface area contributed by atoms with Crippen LogP contribution in [-0.4, -0.2) is 37.6 Å². The van der Waals surface area contributed by atoms with Gasteiger partial charge in [0.15, 0.2) is 6.10 Å². The number of amides is 1. The molecule has 6 nitrogen and oxygen atoms in total. The fraction of sp³-hybridized carbons (Fsp3) is 0.240. The van der Waals surface area contributed by atoms with Crippen molar-refractivity contribution in [1.82, 2.24) is 4.90 Å². The van der Waals surface area contributed by atoms with E-state index in [4.69, 9.17) is 4.74 Å². The van der Waals surface area contributed by atoms with Crippen molar-refractivity contribution in [2.24, 2.45) is 0 Å².